The van der Waals surface area contributed by atoms with Gasteiger partial charge in [-0.15, -0.1) is 0 Å². The molecule has 0 aliphatic carbocycles. The smallest absolute Gasteiger partial charge is 0.402 e. The summed E-state index contributed by atoms with van der Waals surface area (Å²) >= 11 is 0. The summed E-state index contributed by atoms with van der Waals surface area (Å²) in [6.07, 6.45) is -0.0556. The normalized spacial score (nSPS) is 17.5. The van der Waals surface area contributed by atoms with Crippen molar-refractivity contribution in [3.8, 4) is 0 Å². The number of hydrogen-bond acceptors (Lipinski definition) is 3. The van der Waals surface area contributed by atoms with E-state index in [0.717, 1.165) is 13.1 Å². The van der Waals surface area contributed by atoms with Crippen molar-refractivity contribution < 1.29 is 9.90 Å². The molecule has 0 saturated carbocycles. The molecule has 5 nitrogen and oxygen atoms in total. The van der Waals surface area contributed by atoms with E-state index >= 15 is 0 Å². The summed E-state index contributed by atoms with van der Waals surface area (Å²) in [5.74, 6) is 0. The fourth-order valence-electron chi connectivity index (χ4n) is 0.765. The van der Waals surface area contributed by atoms with Gasteiger partial charge in [0, 0.05) is 13.1 Å². The summed E-state index contributed by atoms with van der Waals surface area (Å²) in [4.78, 5) is 8.78. The lowest BCUT2D eigenvalue weighted by Crippen LogP contribution is -2.21. The maximum atomic E-state index is 8.78. The Labute approximate surface area is 66.0 Å². The molecule has 0 aromatic rings. The molecule has 1 rings (SSSR count). The van der Waals surface area contributed by atoms with Crippen molar-refractivity contribution in [3.05, 3.63) is 0 Å². The molecule has 1 aliphatic rings. The van der Waals surface area contributed by atoms with Crippen LogP contribution in [0.1, 0.15) is 6.42 Å². The third-order valence-corrected chi connectivity index (χ3v) is 1.19. The number of primary amides is 1. The van der Waals surface area contributed by atoms with Crippen molar-refractivity contribution in [2.24, 2.45) is 5.73 Å². The number of hydrogen-bond donors (Lipinski definition) is 4. The first-order chi connectivity index (χ1) is 5.23. The van der Waals surface area contributed by atoms with Crippen LogP contribution in [0.2, 0.25) is 0 Å². The molecule has 1 amide bonds. The third kappa shape index (κ3) is 12.4. The Morgan fingerprint density at radius 2 is 1.55 bits per heavy atom. The monoisotopic (exact) mass is 161 g/mol. The van der Waals surface area contributed by atoms with Gasteiger partial charge in [0.25, 0.3) is 0 Å². The lowest BCUT2D eigenvalue weighted by atomic mass is 10.4. The minimum atomic E-state index is -1.33. The van der Waals surface area contributed by atoms with Crippen molar-refractivity contribution in [3.63, 3.8) is 0 Å². The standard InChI is InChI=1S/C5H12N2.CH3NO2/c1-2-6-4-5-7-3-1;2-1(3)4/h6-7H,1-5H2;2H2,(H,3,4). The summed E-state index contributed by atoms with van der Waals surface area (Å²) in [7, 11) is 0. The van der Waals surface area contributed by atoms with Gasteiger partial charge in [0.1, 0.15) is 0 Å². The van der Waals surface area contributed by atoms with E-state index in [2.05, 4.69) is 16.4 Å². The van der Waals surface area contributed by atoms with Crippen LogP contribution in [0.5, 0.6) is 0 Å². The molecule has 0 aromatic heterocycles. The molecule has 0 radical (unpaired) electrons. The Morgan fingerprint density at radius 3 is 1.91 bits per heavy atom. The number of rotatable bonds is 0. The highest BCUT2D eigenvalue weighted by Crippen LogP contribution is 1.75. The van der Waals surface area contributed by atoms with Gasteiger partial charge < -0.3 is 21.5 Å². The minimum absolute atomic E-state index is 1.14. The molecule has 0 spiro atoms. The van der Waals surface area contributed by atoms with Crippen LogP contribution in [-0.2, 0) is 0 Å². The fourth-order valence-corrected chi connectivity index (χ4v) is 0.765. The van der Waals surface area contributed by atoms with Gasteiger partial charge in [0.15, 0.2) is 0 Å². The van der Waals surface area contributed by atoms with Crippen LogP contribution in [0.15, 0.2) is 0 Å². The largest absolute Gasteiger partial charge is 0.465 e. The van der Waals surface area contributed by atoms with E-state index in [1.165, 1.54) is 19.5 Å². The average Bonchev–Trinajstić information content (AvgIpc) is 2.13. The molecule has 1 saturated heterocycles. The van der Waals surface area contributed by atoms with E-state index in [9.17, 15) is 0 Å². The van der Waals surface area contributed by atoms with E-state index in [1.54, 1.807) is 0 Å². The van der Waals surface area contributed by atoms with Crippen LogP contribution in [-0.4, -0.2) is 37.4 Å². The molecule has 5 N–H and O–H groups in total. The minimum Gasteiger partial charge on any atom is -0.465 e. The molecule has 0 unspecified atom stereocenters. The topological polar surface area (TPSA) is 87.4 Å². The second kappa shape index (κ2) is 7.30. The van der Waals surface area contributed by atoms with Gasteiger partial charge in [-0.1, -0.05) is 0 Å². The number of amides is 1. The van der Waals surface area contributed by atoms with E-state index < -0.39 is 6.09 Å². The van der Waals surface area contributed by atoms with Gasteiger partial charge >= 0.3 is 6.09 Å². The molecular formula is C6H15N3O2. The second-order valence-electron chi connectivity index (χ2n) is 2.19. The number of carboxylic acid groups (broad SMARTS) is 1. The molecular weight excluding hydrogens is 146 g/mol. The lowest BCUT2D eigenvalue weighted by molar-refractivity contribution is 0.205. The Bertz CT molecular complexity index is 84.3. The summed E-state index contributed by atoms with van der Waals surface area (Å²) in [6, 6.07) is 0. The fraction of sp³-hybridized carbons (Fsp3) is 0.833. The summed E-state index contributed by atoms with van der Waals surface area (Å²) in [5, 5.41) is 13.8. The van der Waals surface area contributed by atoms with Gasteiger partial charge in [-0.3, -0.25) is 0 Å². The van der Waals surface area contributed by atoms with Crippen molar-refractivity contribution in [2.75, 3.05) is 26.2 Å². The molecule has 66 valence electrons. The van der Waals surface area contributed by atoms with Crippen molar-refractivity contribution in [2.45, 2.75) is 6.42 Å². The Morgan fingerprint density at radius 1 is 1.18 bits per heavy atom. The van der Waals surface area contributed by atoms with E-state index in [1.807, 2.05) is 0 Å². The van der Waals surface area contributed by atoms with Crippen LogP contribution in [0.3, 0.4) is 0 Å². The first kappa shape index (κ1) is 10.2. The van der Waals surface area contributed by atoms with Crippen LogP contribution in [0, 0.1) is 0 Å². The second-order valence-corrected chi connectivity index (χ2v) is 2.19. The zero-order chi connectivity index (χ0) is 8.53. The molecule has 1 fully saturated rings. The Kier molecular flexibility index (Phi) is 6.76. The SMILES string of the molecule is C1CNCCNC1.NC(=O)O. The highest BCUT2D eigenvalue weighted by molar-refractivity contribution is 5.61. The highest BCUT2D eigenvalue weighted by atomic mass is 16.4. The molecule has 0 aromatic carbocycles. The molecule has 1 aliphatic heterocycles. The maximum Gasteiger partial charge on any atom is 0.402 e. The first-order valence-electron chi connectivity index (χ1n) is 3.63. The summed E-state index contributed by atoms with van der Waals surface area (Å²) in [6.45, 7) is 4.65. The van der Waals surface area contributed by atoms with Gasteiger partial charge in [0.05, 0.1) is 0 Å². The van der Waals surface area contributed by atoms with Gasteiger partial charge in [-0.25, -0.2) is 4.79 Å². The predicted octanol–water partition coefficient (Wildman–Crippen LogP) is -0.808. The Hall–Kier alpha value is -0.810. The quantitative estimate of drug-likeness (QED) is 0.374. The van der Waals surface area contributed by atoms with Gasteiger partial charge in [-0.2, -0.15) is 0 Å². The highest BCUT2D eigenvalue weighted by Gasteiger charge is 1.92. The zero-order valence-electron chi connectivity index (χ0n) is 6.47. The number of nitrogens with one attached hydrogen (secondary N) is 2. The first-order valence-corrected chi connectivity index (χ1v) is 3.63. The molecule has 11 heavy (non-hydrogen) atoms. The Balaban J connectivity index is 0.000000218. The zero-order valence-corrected chi connectivity index (χ0v) is 6.47. The van der Waals surface area contributed by atoms with Crippen LogP contribution in [0.4, 0.5) is 4.79 Å². The van der Waals surface area contributed by atoms with Crippen LogP contribution >= 0.6 is 0 Å². The molecule has 5 heteroatoms. The summed E-state index contributed by atoms with van der Waals surface area (Å²) < 4.78 is 0. The van der Waals surface area contributed by atoms with Crippen molar-refractivity contribution >= 4 is 6.09 Å². The number of nitrogens with two attached hydrogens (primary N) is 1. The van der Waals surface area contributed by atoms with Gasteiger partial charge in [-0.05, 0) is 19.5 Å². The molecule has 1 heterocycles. The number of carbonyl (C=O) groups is 1. The average molecular weight is 161 g/mol. The van der Waals surface area contributed by atoms with Gasteiger partial charge in [0.2, 0.25) is 0 Å². The van der Waals surface area contributed by atoms with Crippen LogP contribution in [0.25, 0.3) is 0 Å². The predicted molar refractivity (Wildman–Crippen MR) is 42.6 cm³/mol. The van der Waals surface area contributed by atoms with E-state index in [0.29, 0.717) is 0 Å². The maximum absolute atomic E-state index is 8.78. The van der Waals surface area contributed by atoms with Crippen LogP contribution < -0.4 is 16.4 Å². The van der Waals surface area contributed by atoms with E-state index in [-0.39, 0.29) is 0 Å². The lowest BCUT2D eigenvalue weighted by Gasteiger charge is -1.92. The molecule has 0 bridgehead atoms. The summed E-state index contributed by atoms with van der Waals surface area (Å²) in [5.41, 5.74) is 4.03. The van der Waals surface area contributed by atoms with Crippen molar-refractivity contribution in [1.82, 2.24) is 10.6 Å². The molecule has 0 atom stereocenters. The third-order valence-electron chi connectivity index (χ3n) is 1.19. The van der Waals surface area contributed by atoms with E-state index in [4.69, 9.17) is 9.90 Å². The van der Waals surface area contributed by atoms with Crippen molar-refractivity contribution in [1.29, 1.82) is 0 Å².